The SMILES string of the molecule is CC(C)CN(CCC#N)CCCC(=O)c1ccc(Br)cc1. The molecule has 0 N–H and O–H groups in total. The van der Waals surface area contributed by atoms with E-state index in [-0.39, 0.29) is 5.78 Å². The van der Waals surface area contributed by atoms with Crippen molar-refractivity contribution in [1.82, 2.24) is 4.90 Å². The normalized spacial score (nSPS) is 10.9. The molecule has 1 aromatic carbocycles. The topological polar surface area (TPSA) is 44.1 Å². The quantitative estimate of drug-likeness (QED) is 0.624. The average Bonchev–Trinajstić information content (AvgIpc) is 2.44. The molecule has 21 heavy (non-hydrogen) atoms. The van der Waals surface area contributed by atoms with Crippen LogP contribution in [0.4, 0.5) is 0 Å². The number of rotatable bonds is 9. The van der Waals surface area contributed by atoms with E-state index in [2.05, 4.69) is 40.7 Å². The zero-order chi connectivity index (χ0) is 15.7. The van der Waals surface area contributed by atoms with E-state index >= 15 is 0 Å². The number of hydrogen-bond acceptors (Lipinski definition) is 3. The Morgan fingerprint density at radius 2 is 1.95 bits per heavy atom. The van der Waals surface area contributed by atoms with Gasteiger partial charge in [-0.2, -0.15) is 5.26 Å². The molecule has 3 nitrogen and oxygen atoms in total. The molecule has 0 aromatic heterocycles. The van der Waals surface area contributed by atoms with Gasteiger partial charge in [-0.3, -0.25) is 4.79 Å². The highest BCUT2D eigenvalue weighted by atomic mass is 79.9. The fourth-order valence-corrected chi connectivity index (χ4v) is 2.53. The van der Waals surface area contributed by atoms with E-state index in [1.165, 1.54) is 0 Å². The number of hydrogen-bond donors (Lipinski definition) is 0. The van der Waals surface area contributed by atoms with Crippen molar-refractivity contribution >= 4 is 21.7 Å². The number of nitriles is 1. The van der Waals surface area contributed by atoms with Crippen LogP contribution in [0, 0.1) is 17.2 Å². The molecule has 4 heteroatoms. The molecule has 0 amide bonds. The summed E-state index contributed by atoms with van der Waals surface area (Å²) in [4.78, 5) is 14.4. The van der Waals surface area contributed by atoms with E-state index in [1.807, 2.05) is 24.3 Å². The number of benzene rings is 1. The van der Waals surface area contributed by atoms with Gasteiger partial charge in [0.15, 0.2) is 5.78 Å². The van der Waals surface area contributed by atoms with E-state index in [0.29, 0.717) is 18.8 Å². The molecular formula is C17H23BrN2O. The maximum absolute atomic E-state index is 12.1. The highest BCUT2D eigenvalue weighted by Crippen LogP contribution is 2.13. The number of ketones is 1. The van der Waals surface area contributed by atoms with E-state index in [1.54, 1.807) is 0 Å². The summed E-state index contributed by atoms with van der Waals surface area (Å²) in [6.45, 7) is 7.00. The standard InChI is InChI=1S/C17H23BrN2O/c1-14(2)13-20(12-4-10-19)11-3-5-17(21)15-6-8-16(18)9-7-15/h6-9,14H,3-5,11-13H2,1-2H3. The first-order chi connectivity index (χ1) is 10.0. The van der Waals surface area contributed by atoms with Crippen LogP contribution in [0.1, 0.15) is 43.5 Å². The Morgan fingerprint density at radius 1 is 1.29 bits per heavy atom. The maximum Gasteiger partial charge on any atom is 0.162 e. The highest BCUT2D eigenvalue weighted by Gasteiger charge is 2.10. The summed E-state index contributed by atoms with van der Waals surface area (Å²) >= 11 is 3.37. The van der Waals surface area contributed by atoms with Crippen molar-refractivity contribution < 1.29 is 4.79 Å². The number of carbonyl (C=O) groups excluding carboxylic acids is 1. The fourth-order valence-electron chi connectivity index (χ4n) is 2.26. The summed E-state index contributed by atoms with van der Waals surface area (Å²) in [6.07, 6.45) is 1.95. The first-order valence-corrected chi connectivity index (χ1v) is 8.20. The van der Waals surface area contributed by atoms with E-state index < -0.39 is 0 Å². The Morgan fingerprint density at radius 3 is 2.52 bits per heavy atom. The van der Waals surface area contributed by atoms with Crippen LogP contribution in [0.25, 0.3) is 0 Å². The van der Waals surface area contributed by atoms with E-state index in [0.717, 1.165) is 36.1 Å². The lowest BCUT2D eigenvalue weighted by molar-refractivity contribution is 0.0974. The number of Topliss-reactive ketones (excluding diaryl/α,β-unsaturated/α-hetero) is 1. The summed E-state index contributed by atoms with van der Waals surface area (Å²) in [6, 6.07) is 9.69. The second-order valence-corrected chi connectivity index (χ2v) is 6.55. The highest BCUT2D eigenvalue weighted by molar-refractivity contribution is 9.10. The van der Waals surface area contributed by atoms with Crippen LogP contribution in [0.15, 0.2) is 28.7 Å². The molecule has 0 saturated carbocycles. The van der Waals surface area contributed by atoms with Crippen LogP contribution < -0.4 is 0 Å². The molecule has 0 spiro atoms. The molecule has 0 aliphatic rings. The molecule has 0 radical (unpaired) electrons. The minimum absolute atomic E-state index is 0.187. The van der Waals surface area contributed by atoms with Crippen molar-refractivity contribution in [2.24, 2.45) is 5.92 Å². The summed E-state index contributed by atoms with van der Waals surface area (Å²) in [5.74, 6) is 0.762. The van der Waals surface area contributed by atoms with Crippen molar-refractivity contribution in [3.8, 4) is 6.07 Å². The van der Waals surface area contributed by atoms with Gasteiger partial charge in [0.05, 0.1) is 6.07 Å². The second kappa shape index (κ2) is 9.70. The van der Waals surface area contributed by atoms with Gasteiger partial charge in [0.1, 0.15) is 0 Å². The molecular weight excluding hydrogens is 328 g/mol. The van der Waals surface area contributed by atoms with Crippen molar-refractivity contribution in [2.45, 2.75) is 33.1 Å². The predicted molar refractivity (Wildman–Crippen MR) is 89.2 cm³/mol. The van der Waals surface area contributed by atoms with E-state index in [9.17, 15) is 4.79 Å². The van der Waals surface area contributed by atoms with Gasteiger partial charge in [-0.1, -0.05) is 41.9 Å². The largest absolute Gasteiger partial charge is 0.302 e. The van der Waals surface area contributed by atoms with Crippen LogP contribution >= 0.6 is 15.9 Å². The zero-order valence-corrected chi connectivity index (χ0v) is 14.4. The van der Waals surface area contributed by atoms with Crippen LogP contribution in [-0.4, -0.2) is 30.3 Å². The van der Waals surface area contributed by atoms with Crippen LogP contribution in [0.5, 0.6) is 0 Å². The molecule has 0 heterocycles. The predicted octanol–water partition coefficient (Wildman–Crippen LogP) is 4.28. The number of halogens is 1. The Kier molecular flexibility index (Phi) is 8.26. The van der Waals surface area contributed by atoms with Crippen LogP contribution in [0.3, 0.4) is 0 Å². The Balaban J connectivity index is 2.40. The zero-order valence-electron chi connectivity index (χ0n) is 12.8. The van der Waals surface area contributed by atoms with Crippen molar-refractivity contribution in [3.05, 3.63) is 34.3 Å². The Hall–Kier alpha value is -1.18. The Labute approximate surface area is 136 Å². The summed E-state index contributed by atoms with van der Waals surface area (Å²) < 4.78 is 0.985. The van der Waals surface area contributed by atoms with Crippen LogP contribution in [0.2, 0.25) is 0 Å². The number of nitrogens with zero attached hydrogens (tertiary/aromatic N) is 2. The van der Waals surface area contributed by atoms with Crippen molar-refractivity contribution in [1.29, 1.82) is 5.26 Å². The molecule has 0 unspecified atom stereocenters. The minimum Gasteiger partial charge on any atom is -0.302 e. The monoisotopic (exact) mass is 350 g/mol. The molecule has 0 atom stereocenters. The summed E-state index contributed by atoms with van der Waals surface area (Å²) in [5, 5.41) is 8.70. The maximum atomic E-state index is 12.1. The molecule has 0 saturated heterocycles. The lowest BCUT2D eigenvalue weighted by atomic mass is 10.1. The first-order valence-electron chi connectivity index (χ1n) is 7.41. The van der Waals surface area contributed by atoms with Gasteiger partial charge in [0, 0.05) is 36.0 Å². The Bertz CT molecular complexity index is 477. The molecule has 1 rings (SSSR count). The van der Waals surface area contributed by atoms with Crippen molar-refractivity contribution in [3.63, 3.8) is 0 Å². The molecule has 0 fully saturated rings. The minimum atomic E-state index is 0.187. The molecule has 0 aliphatic carbocycles. The summed E-state index contributed by atoms with van der Waals surface area (Å²) in [7, 11) is 0. The summed E-state index contributed by atoms with van der Waals surface area (Å²) in [5.41, 5.74) is 0.769. The first kappa shape index (κ1) is 17.9. The third kappa shape index (κ3) is 7.40. The molecule has 0 aliphatic heterocycles. The van der Waals surface area contributed by atoms with E-state index in [4.69, 9.17) is 5.26 Å². The van der Waals surface area contributed by atoms with Gasteiger partial charge in [0.25, 0.3) is 0 Å². The lowest BCUT2D eigenvalue weighted by Gasteiger charge is -2.22. The molecule has 1 aromatic rings. The molecule has 0 bridgehead atoms. The van der Waals surface area contributed by atoms with Gasteiger partial charge in [0.2, 0.25) is 0 Å². The van der Waals surface area contributed by atoms with Gasteiger partial charge in [-0.25, -0.2) is 0 Å². The van der Waals surface area contributed by atoms with Gasteiger partial charge in [-0.05, 0) is 31.0 Å². The van der Waals surface area contributed by atoms with Crippen LogP contribution in [-0.2, 0) is 0 Å². The lowest BCUT2D eigenvalue weighted by Crippen LogP contribution is -2.30. The molecule has 114 valence electrons. The van der Waals surface area contributed by atoms with Gasteiger partial charge >= 0.3 is 0 Å². The van der Waals surface area contributed by atoms with Gasteiger partial charge in [-0.15, -0.1) is 0 Å². The van der Waals surface area contributed by atoms with Gasteiger partial charge < -0.3 is 4.90 Å². The third-order valence-electron chi connectivity index (χ3n) is 3.21. The smallest absolute Gasteiger partial charge is 0.162 e. The van der Waals surface area contributed by atoms with Crippen molar-refractivity contribution in [2.75, 3.05) is 19.6 Å². The number of carbonyl (C=O) groups is 1. The third-order valence-corrected chi connectivity index (χ3v) is 3.74. The average molecular weight is 351 g/mol. The fraction of sp³-hybridized carbons (Fsp3) is 0.529. The second-order valence-electron chi connectivity index (χ2n) is 5.64.